The predicted molar refractivity (Wildman–Crippen MR) is 93.1 cm³/mol. The van der Waals surface area contributed by atoms with Crippen molar-refractivity contribution in [2.45, 2.75) is 13.3 Å². The summed E-state index contributed by atoms with van der Waals surface area (Å²) in [5.41, 5.74) is 1.46. The normalized spacial score (nSPS) is 17.0. The van der Waals surface area contributed by atoms with Crippen LogP contribution in [0.3, 0.4) is 0 Å². The Morgan fingerprint density at radius 3 is 2.62 bits per heavy atom. The van der Waals surface area contributed by atoms with E-state index < -0.39 is 0 Å². The van der Waals surface area contributed by atoms with Gasteiger partial charge >= 0.3 is 0 Å². The fourth-order valence-electron chi connectivity index (χ4n) is 2.84. The molecule has 1 aliphatic rings. The average molecular weight is 324 g/mol. The van der Waals surface area contributed by atoms with Crippen LogP contribution in [0.4, 0.5) is 11.4 Å². The number of nitrogens with one attached hydrogen (secondary N) is 1. The first-order valence-electron chi connectivity index (χ1n) is 8.07. The Balaban J connectivity index is 1.73. The van der Waals surface area contributed by atoms with Gasteiger partial charge in [-0.2, -0.15) is 0 Å². The molecule has 1 fully saturated rings. The number of ether oxygens (including phenoxy) is 1. The smallest absolute Gasteiger partial charge is 0.229 e. The van der Waals surface area contributed by atoms with Gasteiger partial charge in [0.1, 0.15) is 5.75 Å². The molecule has 0 saturated carbocycles. The average Bonchev–Trinajstić information content (AvgIpc) is 2.98. The molecule has 5 nitrogen and oxygen atoms in total. The van der Waals surface area contributed by atoms with Crippen LogP contribution in [0.5, 0.6) is 5.75 Å². The second-order valence-corrected chi connectivity index (χ2v) is 5.66. The van der Waals surface area contributed by atoms with E-state index in [4.69, 9.17) is 4.74 Å². The van der Waals surface area contributed by atoms with Crippen LogP contribution in [-0.4, -0.2) is 25.0 Å². The van der Waals surface area contributed by atoms with E-state index in [0.29, 0.717) is 18.9 Å². The lowest BCUT2D eigenvalue weighted by atomic mass is 10.1. The molecule has 0 spiro atoms. The van der Waals surface area contributed by atoms with Crippen LogP contribution in [-0.2, 0) is 9.59 Å². The quantitative estimate of drug-likeness (QED) is 0.919. The number of hydrogen-bond donors (Lipinski definition) is 1. The van der Waals surface area contributed by atoms with E-state index in [1.54, 1.807) is 4.90 Å². The standard InChI is InChI=1S/C19H20N2O3/c1-2-24-17-11-7-6-10-16(17)21-13-14(12-18(21)22)19(23)20-15-8-4-3-5-9-15/h3-11,14H,2,12-13H2,1H3,(H,20,23)/t14-/m0/s1. The van der Waals surface area contributed by atoms with E-state index in [-0.39, 0.29) is 24.2 Å². The molecule has 5 heteroatoms. The molecular weight excluding hydrogens is 304 g/mol. The molecule has 1 aliphatic heterocycles. The fourth-order valence-corrected chi connectivity index (χ4v) is 2.84. The molecule has 24 heavy (non-hydrogen) atoms. The van der Waals surface area contributed by atoms with Gasteiger partial charge in [-0.1, -0.05) is 30.3 Å². The van der Waals surface area contributed by atoms with Crippen molar-refractivity contribution in [3.8, 4) is 5.75 Å². The molecule has 2 aromatic carbocycles. The summed E-state index contributed by atoms with van der Waals surface area (Å²) in [5.74, 6) is 0.103. The molecule has 2 amide bonds. The van der Waals surface area contributed by atoms with Crippen molar-refractivity contribution in [1.29, 1.82) is 0 Å². The maximum Gasteiger partial charge on any atom is 0.229 e. The minimum Gasteiger partial charge on any atom is -0.492 e. The molecule has 1 atom stereocenters. The molecule has 0 aromatic heterocycles. The lowest BCUT2D eigenvalue weighted by Crippen LogP contribution is -2.28. The number of rotatable bonds is 5. The molecule has 2 aromatic rings. The third-order valence-corrected chi connectivity index (χ3v) is 3.99. The highest BCUT2D eigenvalue weighted by Crippen LogP contribution is 2.33. The van der Waals surface area contributed by atoms with Gasteiger partial charge in [-0.05, 0) is 31.2 Å². The van der Waals surface area contributed by atoms with Crippen molar-refractivity contribution < 1.29 is 14.3 Å². The number of amides is 2. The van der Waals surface area contributed by atoms with E-state index >= 15 is 0 Å². The van der Waals surface area contributed by atoms with Crippen molar-refractivity contribution in [2.24, 2.45) is 5.92 Å². The van der Waals surface area contributed by atoms with Crippen LogP contribution in [0.2, 0.25) is 0 Å². The Labute approximate surface area is 141 Å². The van der Waals surface area contributed by atoms with Crippen LogP contribution in [0.25, 0.3) is 0 Å². The SMILES string of the molecule is CCOc1ccccc1N1C[C@@H](C(=O)Nc2ccccc2)CC1=O. The Hall–Kier alpha value is -2.82. The molecule has 0 radical (unpaired) electrons. The van der Waals surface area contributed by atoms with Crippen molar-refractivity contribution in [2.75, 3.05) is 23.4 Å². The zero-order valence-electron chi connectivity index (χ0n) is 13.6. The summed E-state index contributed by atoms with van der Waals surface area (Å²) in [6.45, 7) is 2.79. The topological polar surface area (TPSA) is 58.6 Å². The molecule has 0 bridgehead atoms. The lowest BCUT2D eigenvalue weighted by molar-refractivity contribution is -0.122. The third kappa shape index (κ3) is 3.40. The Morgan fingerprint density at radius 1 is 1.17 bits per heavy atom. The first-order valence-corrected chi connectivity index (χ1v) is 8.07. The minimum absolute atomic E-state index is 0.0598. The number of para-hydroxylation sites is 3. The van der Waals surface area contributed by atoms with Crippen molar-refractivity contribution >= 4 is 23.2 Å². The highest BCUT2D eigenvalue weighted by molar-refractivity contribution is 6.04. The fraction of sp³-hybridized carbons (Fsp3) is 0.263. The molecule has 0 unspecified atom stereocenters. The van der Waals surface area contributed by atoms with Crippen LogP contribution < -0.4 is 15.0 Å². The molecule has 3 rings (SSSR count). The maximum atomic E-state index is 12.4. The monoisotopic (exact) mass is 324 g/mol. The molecule has 1 heterocycles. The number of anilines is 2. The van der Waals surface area contributed by atoms with Crippen molar-refractivity contribution in [3.05, 3.63) is 54.6 Å². The summed E-state index contributed by atoms with van der Waals surface area (Å²) in [4.78, 5) is 26.5. The van der Waals surface area contributed by atoms with Gasteiger partial charge in [-0.15, -0.1) is 0 Å². The Bertz CT molecular complexity index is 730. The van der Waals surface area contributed by atoms with E-state index in [9.17, 15) is 9.59 Å². The second-order valence-electron chi connectivity index (χ2n) is 5.66. The van der Waals surface area contributed by atoms with Gasteiger partial charge in [0.2, 0.25) is 11.8 Å². The van der Waals surface area contributed by atoms with Gasteiger partial charge in [-0.3, -0.25) is 9.59 Å². The number of carbonyl (C=O) groups excluding carboxylic acids is 2. The summed E-state index contributed by atoms with van der Waals surface area (Å²) >= 11 is 0. The van der Waals surface area contributed by atoms with Gasteiger partial charge < -0.3 is 15.0 Å². The molecule has 1 N–H and O–H groups in total. The highest BCUT2D eigenvalue weighted by atomic mass is 16.5. The maximum absolute atomic E-state index is 12.4. The number of nitrogens with zero attached hydrogens (tertiary/aromatic N) is 1. The van der Waals surface area contributed by atoms with E-state index in [0.717, 1.165) is 11.4 Å². The molecular formula is C19H20N2O3. The minimum atomic E-state index is -0.368. The van der Waals surface area contributed by atoms with Crippen molar-refractivity contribution in [1.82, 2.24) is 0 Å². The summed E-state index contributed by atoms with van der Waals surface area (Å²) in [7, 11) is 0. The summed E-state index contributed by atoms with van der Waals surface area (Å²) in [6.07, 6.45) is 0.207. The molecule has 0 aliphatic carbocycles. The number of carbonyl (C=O) groups is 2. The second kappa shape index (κ2) is 7.17. The molecule has 1 saturated heterocycles. The third-order valence-electron chi connectivity index (χ3n) is 3.99. The summed E-state index contributed by atoms with van der Waals surface area (Å²) in [6, 6.07) is 16.7. The first kappa shape index (κ1) is 16.1. The number of benzene rings is 2. The highest BCUT2D eigenvalue weighted by Gasteiger charge is 2.36. The summed E-state index contributed by atoms with van der Waals surface area (Å²) < 4.78 is 5.59. The van der Waals surface area contributed by atoms with Gasteiger partial charge in [0.05, 0.1) is 18.2 Å². The van der Waals surface area contributed by atoms with Crippen LogP contribution >= 0.6 is 0 Å². The van der Waals surface area contributed by atoms with E-state index in [1.807, 2.05) is 61.5 Å². The van der Waals surface area contributed by atoms with Gasteiger partial charge in [0.25, 0.3) is 0 Å². The van der Waals surface area contributed by atoms with E-state index in [1.165, 1.54) is 0 Å². The van der Waals surface area contributed by atoms with Gasteiger partial charge in [0, 0.05) is 18.7 Å². The van der Waals surface area contributed by atoms with Crippen LogP contribution in [0.15, 0.2) is 54.6 Å². The molecule has 124 valence electrons. The van der Waals surface area contributed by atoms with E-state index in [2.05, 4.69) is 5.32 Å². The zero-order valence-corrected chi connectivity index (χ0v) is 13.6. The zero-order chi connectivity index (χ0) is 16.9. The van der Waals surface area contributed by atoms with Gasteiger partial charge in [0.15, 0.2) is 0 Å². The van der Waals surface area contributed by atoms with Crippen LogP contribution in [0.1, 0.15) is 13.3 Å². The Morgan fingerprint density at radius 2 is 1.88 bits per heavy atom. The van der Waals surface area contributed by atoms with Crippen molar-refractivity contribution in [3.63, 3.8) is 0 Å². The largest absolute Gasteiger partial charge is 0.492 e. The summed E-state index contributed by atoms with van der Waals surface area (Å²) in [5, 5.41) is 2.87. The first-order chi connectivity index (χ1) is 11.7. The predicted octanol–water partition coefficient (Wildman–Crippen LogP) is 3.08. The van der Waals surface area contributed by atoms with Gasteiger partial charge in [-0.25, -0.2) is 0 Å². The van der Waals surface area contributed by atoms with Crippen LogP contribution in [0, 0.1) is 5.92 Å². The lowest BCUT2D eigenvalue weighted by Gasteiger charge is -2.20. The Kier molecular flexibility index (Phi) is 4.79. The number of hydrogen-bond acceptors (Lipinski definition) is 3.